The molecule has 1 aliphatic rings. The van der Waals surface area contributed by atoms with E-state index in [0.717, 1.165) is 29.1 Å². The van der Waals surface area contributed by atoms with E-state index in [9.17, 15) is 9.18 Å². The summed E-state index contributed by atoms with van der Waals surface area (Å²) in [7, 11) is 0. The van der Waals surface area contributed by atoms with Gasteiger partial charge in [-0.15, -0.1) is 12.4 Å². The van der Waals surface area contributed by atoms with E-state index in [2.05, 4.69) is 18.7 Å². The minimum absolute atomic E-state index is 0. The first-order chi connectivity index (χ1) is 16.7. The van der Waals surface area contributed by atoms with E-state index >= 15 is 0 Å². The Hall–Kier alpha value is -2.61. The van der Waals surface area contributed by atoms with Crippen molar-refractivity contribution in [3.8, 4) is 5.75 Å². The lowest BCUT2D eigenvalue weighted by molar-refractivity contribution is -0.121. The first kappa shape index (κ1) is 28.0. The molecule has 4 rings (SSSR count). The molecule has 0 unspecified atom stereocenters. The molecule has 1 aromatic heterocycles. The highest BCUT2D eigenvalue weighted by Crippen LogP contribution is 2.26. The summed E-state index contributed by atoms with van der Waals surface area (Å²) in [5, 5.41) is 5.38. The fourth-order valence-corrected chi connectivity index (χ4v) is 4.37. The Kier molecular flexibility index (Phi) is 9.39. The maximum Gasteiger partial charge on any atom is 0.242 e. The van der Waals surface area contributed by atoms with Crippen LogP contribution in [0.4, 0.5) is 10.2 Å². The van der Waals surface area contributed by atoms with Gasteiger partial charge in [0.15, 0.2) is 5.82 Å². The zero-order valence-corrected chi connectivity index (χ0v) is 22.7. The number of nitrogens with zero attached hydrogens (tertiary/aromatic N) is 4. The molecular formula is C27H33Cl2FN4O2. The normalized spacial score (nSPS) is 14.3. The number of piperazine rings is 1. The van der Waals surface area contributed by atoms with Gasteiger partial charge in [-0.1, -0.05) is 37.6 Å². The van der Waals surface area contributed by atoms with Gasteiger partial charge in [-0.3, -0.25) is 19.3 Å². The molecule has 0 radical (unpaired) electrons. The SMILES string of the molecule is Cc1cc(CN2CCN(c3cc(C)n(Cc4cc(Cl)ccc4OCC(C)C)n3)C(=O)C2)ccc1F.Cl. The molecule has 0 spiro atoms. The molecule has 0 saturated carbocycles. The van der Waals surface area contributed by atoms with Gasteiger partial charge >= 0.3 is 0 Å². The lowest BCUT2D eigenvalue weighted by Gasteiger charge is -2.33. The van der Waals surface area contributed by atoms with Crippen molar-refractivity contribution in [1.29, 1.82) is 0 Å². The van der Waals surface area contributed by atoms with Gasteiger partial charge in [-0.2, -0.15) is 5.10 Å². The van der Waals surface area contributed by atoms with E-state index in [1.807, 2.05) is 41.9 Å². The first-order valence-electron chi connectivity index (χ1n) is 11.9. The van der Waals surface area contributed by atoms with Crippen molar-refractivity contribution < 1.29 is 13.9 Å². The first-order valence-corrected chi connectivity index (χ1v) is 12.3. The molecule has 0 atom stereocenters. The maximum atomic E-state index is 13.6. The fourth-order valence-electron chi connectivity index (χ4n) is 4.18. The van der Waals surface area contributed by atoms with Crippen LogP contribution in [-0.4, -0.2) is 46.8 Å². The quantitative estimate of drug-likeness (QED) is 0.375. The predicted octanol–water partition coefficient (Wildman–Crippen LogP) is 5.65. The van der Waals surface area contributed by atoms with E-state index in [4.69, 9.17) is 21.4 Å². The van der Waals surface area contributed by atoms with Crippen LogP contribution in [0, 0.1) is 25.6 Å². The van der Waals surface area contributed by atoms with Crippen LogP contribution in [0.3, 0.4) is 0 Å². The highest BCUT2D eigenvalue weighted by atomic mass is 35.5. The minimum atomic E-state index is -0.211. The Labute approximate surface area is 223 Å². The second kappa shape index (κ2) is 12.1. The topological polar surface area (TPSA) is 50.6 Å². The van der Waals surface area contributed by atoms with Crippen molar-refractivity contribution in [1.82, 2.24) is 14.7 Å². The summed E-state index contributed by atoms with van der Waals surface area (Å²) in [6, 6.07) is 12.7. The second-order valence-electron chi connectivity index (χ2n) is 9.60. The summed E-state index contributed by atoms with van der Waals surface area (Å²) in [6.45, 7) is 11.2. The van der Waals surface area contributed by atoms with Crippen LogP contribution in [0.15, 0.2) is 42.5 Å². The van der Waals surface area contributed by atoms with Crippen LogP contribution in [-0.2, 0) is 17.9 Å². The van der Waals surface area contributed by atoms with Gasteiger partial charge in [0.05, 0.1) is 19.7 Å². The number of anilines is 1. The van der Waals surface area contributed by atoms with Crippen LogP contribution in [0.25, 0.3) is 0 Å². The number of hydrogen-bond donors (Lipinski definition) is 0. The molecule has 1 amide bonds. The van der Waals surface area contributed by atoms with E-state index in [1.54, 1.807) is 17.9 Å². The van der Waals surface area contributed by atoms with Crippen LogP contribution in [0.1, 0.15) is 36.2 Å². The molecule has 3 aromatic rings. The summed E-state index contributed by atoms with van der Waals surface area (Å²) in [4.78, 5) is 16.8. The highest BCUT2D eigenvalue weighted by Gasteiger charge is 2.27. The number of aryl methyl sites for hydroxylation is 2. The van der Waals surface area contributed by atoms with Crippen LogP contribution < -0.4 is 9.64 Å². The van der Waals surface area contributed by atoms with Gasteiger partial charge in [0, 0.05) is 42.0 Å². The number of hydrogen-bond acceptors (Lipinski definition) is 4. The summed E-state index contributed by atoms with van der Waals surface area (Å²) in [5.74, 6) is 1.64. The lowest BCUT2D eigenvalue weighted by atomic mass is 10.1. The Morgan fingerprint density at radius 3 is 2.56 bits per heavy atom. The van der Waals surface area contributed by atoms with Gasteiger partial charge in [0.2, 0.25) is 5.91 Å². The summed E-state index contributed by atoms with van der Waals surface area (Å²) in [6.07, 6.45) is 0. The molecule has 2 heterocycles. The number of benzene rings is 2. The van der Waals surface area contributed by atoms with Crippen LogP contribution in [0.2, 0.25) is 5.02 Å². The number of rotatable bonds is 8. The zero-order valence-electron chi connectivity index (χ0n) is 21.1. The number of ether oxygens (including phenoxy) is 1. The molecule has 1 fully saturated rings. The molecule has 2 aromatic carbocycles. The average molecular weight is 535 g/mol. The number of aromatic nitrogens is 2. The van der Waals surface area contributed by atoms with Gasteiger partial charge < -0.3 is 4.74 Å². The Bertz CT molecular complexity index is 1210. The molecule has 194 valence electrons. The Balaban J connectivity index is 0.00000361. The molecule has 9 heteroatoms. The molecular weight excluding hydrogens is 502 g/mol. The van der Waals surface area contributed by atoms with E-state index in [-0.39, 0.29) is 24.1 Å². The molecule has 0 bridgehead atoms. The molecule has 0 N–H and O–H groups in total. The molecule has 36 heavy (non-hydrogen) atoms. The lowest BCUT2D eigenvalue weighted by Crippen LogP contribution is -2.50. The Morgan fingerprint density at radius 1 is 1.08 bits per heavy atom. The van der Waals surface area contributed by atoms with Crippen molar-refractivity contribution in [2.45, 2.75) is 40.8 Å². The van der Waals surface area contributed by atoms with E-state index in [1.165, 1.54) is 6.07 Å². The van der Waals surface area contributed by atoms with Gasteiger partial charge in [-0.25, -0.2) is 4.39 Å². The maximum absolute atomic E-state index is 13.6. The third-order valence-electron chi connectivity index (χ3n) is 6.09. The molecule has 1 aliphatic heterocycles. The standard InChI is InChI=1S/C27H32ClFN4O2.ClH/c1-18(2)17-35-25-8-6-23(28)13-22(25)15-33-20(4)12-26(30-33)32-10-9-31(16-27(32)34)14-21-5-7-24(29)19(3)11-21;/h5-8,11-13,18H,9-10,14-17H2,1-4H3;1H. The van der Waals surface area contributed by atoms with Crippen molar-refractivity contribution in [2.24, 2.45) is 5.92 Å². The summed E-state index contributed by atoms with van der Waals surface area (Å²) < 4.78 is 21.4. The number of carbonyl (C=O) groups is 1. The van der Waals surface area contributed by atoms with Gasteiger partial charge in [-0.05, 0) is 55.2 Å². The molecule has 1 saturated heterocycles. The summed E-state index contributed by atoms with van der Waals surface area (Å²) >= 11 is 6.26. The van der Waals surface area contributed by atoms with Crippen molar-refractivity contribution in [3.05, 3.63) is 75.7 Å². The minimum Gasteiger partial charge on any atom is -0.493 e. The fraction of sp³-hybridized carbons (Fsp3) is 0.407. The van der Waals surface area contributed by atoms with Crippen molar-refractivity contribution in [2.75, 3.05) is 31.1 Å². The highest BCUT2D eigenvalue weighted by molar-refractivity contribution is 6.30. The largest absolute Gasteiger partial charge is 0.493 e. The number of carbonyl (C=O) groups excluding carboxylic acids is 1. The number of halogens is 3. The van der Waals surface area contributed by atoms with E-state index < -0.39 is 0 Å². The monoisotopic (exact) mass is 534 g/mol. The second-order valence-corrected chi connectivity index (χ2v) is 10.0. The van der Waals surface area contributed by atoms with Crippen molar-refractivity contribution >= 4 is 35.7 Å². The van der Waals surface area contributed by atoms with E-state index in [0.29, 0.717) is 55.1 Å². The van der Waals surface area contributed by atoms with Gasteiger partial charge in [0.25, 0.3) is 0 Å². The predicted molar refractivity (Wildman–Crippen MR) is 144 cm³/mol. The van der Waals surface area contributed by atoms with Gasteiger partial charge in [0.1, 0.15) is 11.6 Å². The molecule has 0 aliphatic carbocycles. The van der Waals surface area contributed by atoms with Crippen molar-refractivity contribution in [3.63, 3.8) is 0 Å². The van der Waals surface area contributed by atoms with Crippen LogP contribution in [0.5, 0.6) is 5.75 Å². The summed E-state index contributed by atoms with van der Waals surface area (Å²) in [5.41, 5.74) is 3.52. The third kappa shape index (κ3) is 6.78. The number of amides is 1. The average Bonchev–Trinajstić information content (AvgIpc) is 3.15. The van der Waals surface area contributed by atoms with Crippen LogP contribution >= 0.6 is 24.0 Å². The zero-order chi connectivity index (χ0) is 25.1. The Morgan fingerprint density at radius 2 is 1.86 bits per heavy atom. The smallest absolute Gasteiger partial charge is 0.242 e. The molecule has 6 nitrogen and oxygen atoms in total. The third-order valence-corrected chi connectivity index (χ3v) is 6.32.